The minimum atomic E-state index is 0.628. The molecular formula is C9H15N5. The van der Waals surface area contributed by atoms with Crippen molar-refractivity contribution in [1.29, 1.82) is 0 Å². The normalized spacial score (nSPS) is 11.3. The van der Waals surface area contributed by atoms with Crippen LogP contribution in [0.4, 0.5) is 5.82 Å². The lowest BCUT2D eigenvalue weighted by molar-refractivity contribution is 0.655. The molecule has 2 aromatic heterocycles. The Morgan fingerprint density at radius 1 is 1.43 bits per heavy atom. The van der Waals surface area contributed by atoms with Crippen molar-refractivity contribution in [2.24, 2.45) is 0 Å². The molecule has 0 amide bonds. The Morgan fingerprint density at radius 3 is 2.86 bits per heavy atom. The quantitative estimate of drug-likeness (QED) is 0.772. The Bertz CT molecular complexity index is 439. The third-order valence-electron chi connectivity index (χ3n) is 2.34. The van der Waals surface area contributed by atoms with Crippen LogP contribution in [0.25, 0.3) is 11.0 Å². The van der Waals surface area contributed by atoms with Gasteiger partial charge in [0.1, 0.15) is 5.82 Å². The Labute approximate surface area is 82.3 Å². The average Bonchev–Trinajstić information content (AvgIpc) is 2.70. The fourth-order valence-corrected chi connectivity index (χ4v) is 1.69. The topological polar surface area (TPSA) is 72.5 Å². The molecule has 0 saturated heterocycles. The van der Waals surface area contributed by atoms with E-state index in [0.29, 0.717) is 5.82 Å². The molecule has 0 aromatic carbocycles. The molecule has 2 heterocycles. The van der Waals surface area contributed by atoms with Gasteiger partial charge in [-0.2, -0.15) is 10.2 Å². The second-order valence-electron chi connectivity index (χ2n) is 3.35. The third-order valence-corrected chi connectivity index (χ3v) is 2.34. The summed E-state index contributed by atoms with van der Waals surface area (Å²) in [7, 11) is 0. The number of rotatable bonds is 3. The molecule has 0 unspecified atom stereocenters. The Hall–Kier alpha value is -1.52. The molecule has 0 fully saturated rings. The van der Waals surface area contributed by atoms with Gasteiger partial charge in [0.15, 0.2) is 5.65 Å². The number of aromatic nitrogens is 4. The van der Waals surface area contributed by atoms with Gasteiger partial charge in [-0.25, -0.2) is 4.68 Å². The first kappa shape index (κ1) is 9.05. The van der Waals surface area contributed by atoms with Crippen molar-refractivity contribution in [3.8, 4) is 0 Å². The average molecular weight is 193 g/mol. The summed E-state index contributed by atoms with van der Waals surface area (Å²) >= 11 is 0. The van der Waals surface area contributed by atoms with Gasteiger partial charge >= 0.3 is 0 Å². The van der Waals surface area contributed by atoms with E-state index in [1.165, 1.54) is 0 Å². The standard InChI is InChI=1S/C9H15N5/c1-3-5-6-7-8(10)11-12-9(7)14(4-2)13-6/h3-5H2,1-2H3,(H3,10,11,12). The minimum Gasteiger partial charge on any atom is -0.383 e. The van der Waals surface area contributed by atoms with Crippen LogP contribution < -0.4 is 5.73 Å². The van der Waals surface area contributed by atoms with Gasteiger partial charge in [-0.1, -0.05) is 13.3 Å². The highest BCUT2D eigenvalue weighted by atomic mass is 15.3. The molecule has 2 aromatic rings. The molecule has 0 aliphatic rings. The number of H-pyrrole nitrogens is 1. The predicted octanol–water partition coefficient (Wildman–Crippen LogP) is 1.31. The summed E-state index contributed by atoms with van der Waals surface area (Å²) in [6.07, 6.45) is 2.02. The van der Waals surface area contributed by atoms with Crippen molar-refractivity contribution in [3.05, 3.63) is 5.69 Å². The number of anilines is 1. The van der Waals surface area contributed by atoms with Gasteiger partial charge in [-0.15, -0.1) is 0 Å². The van der Waals surface area contributed by atoms with E-state index in [9.17, 15) is 0 Å². The smallest absolute Gasteiger partial charge is 0.182 e. The first-order valence-electron chi connectivity index (χ1n) is 4.97. The summed E-state index contributed by atoms with van der Waals surface area (Å²) in [5.41, 5.74) is 7.72. The molecule has 0 atom stereocenters. The summed E-state index contributed by atoms with van der Waals surface area (Å²) in [5.74, 6) is 0.628. The first-order valence-corrected chi connectivity index (χ1v) is 4.97. The zero-order valence-electron chi connectivity index (χ0n) is 8.54. The highest BCUT2D eigenvalue weighted by Gasteiger charge is 2.14. The van der Waals surface area contributed by atoms with Crippen LogP contribution in [0.1, 0.15) is 26.0 Å². The van der Waals surface area contributed by atoms with E-state index in [-0.39, 0.29) is 0 Å². The minimum absolute atomic E-state index is 0.628. The molecule has 5 heteroatoms. The van der Waals surface area contributed by atoms with Gasteiger partial charge in [-0.05, 0) is 13.3 Å². The zero-order chi connectivity index (χ0) is 10.1. The summed E-state index contributed by atoms with van der Waals surface area (Å²) in [4.78, 5) is 0. The van der Waals surface area contributed by atoms with Gasteiger partial charge in [0.25, 0.3) is 0 Å². The SMILES string of the molecule is CCCc1nn(CC)c2n[nH]c(N)c12. The van der Waals surface area contributed by atoms with Gasteiger partial charge in [0.05, 0.1) is 11.1 Å². The van der Waals surface area contributed by atoms with E-state index in [4.69, 9.17) is 5.73 Å². The summed E-state index contributed by atoms with van der Waals surface area (Å²) < 4.78 is 1.88. The first-order chi connectivity index (χ1) is 6.77. The molecule has 76 valence electrons. The van der Waals surface area contributed by atoms with Crippen molar-refractivity contribution in [1.82, 2.24) is 20.0 Å². The van der Waals surface area contributed by atoms with Gasteiger partial charge in [-0.3, -0.25) is 5.10 Å². The summed E-state index contributed by atoms with van der Waals surface area (Å²) in [6.45, 7) is 5.00. The second-order valence-corrected chi connectivity index (χ2v) is 3.35. The van der Waals surface area contributed by atoms with Crippen LogP contribution in [-0.2, 0) is 13.0 Å². The molecule has 0 radical (unpaired) electrons. The molecule has 3 N–H and O–H groups in total. The van der Waals surface area contributed by atoms with E-state index >= 15 is 0 Å². The monoisotopic (exact) mass is 193 g/mol. The van der Waals surface area contributed by atoms with Crippen LogP contribution in [-0.4, -0.2) is 20.0 Å². The number of hydrogen-bond acceptors (Lipinski definition) is 3. The number of aromatic amines is 1. The van der Waals surface area contributed by atoms with E-state index in [2.05, 4.69) is 22.2 Å². The molecule has 0 spiro atoms. The van der Waals surface area contributed by atoms with Crippen molar-refractivity contribution in [2.75, 3.05) is 5.73 Å². The maximum Gasteiger partial charge on any atom is 0.182 e. The van der Waals surface area contributed by atoms with Gasteiger partial charge in [0.2, 0.25) is 0 Å². The molecule has 0 aliphatic carbocycles. The fourth-order valence-electron chi connectivity index (χ4n) is 1.69. The number of aryl methyl sites for hydroxylation is 2. The summed E-state index contributed by atoms with van der Waals surface area (Å²) in [6, 6.07) is 0. The Balaban J connectivity index is 2.63. The van der Waals surface area contributed by atoms with Crippen molar-refractivity contribution in [2.45, 2.75) is 33.2 Å². The largest absolute Gasteiger partial charge is 0.383 e. The second kappa shape index (κ2) is 3.32. The van der Waals surface area contributed by atoms with E-state index in [1.807, 2.05) is 11.6 Å². The molecule has 0 aliphatic heterocycles. The number of nitrogen functional groups attached to an aromatic ring is 1. The molecule has 0 saturated carbocycles. The fraction of sp³-hybridized carbons (Fsp3) is 0.556. The van der Waals surface area contributed by atoms with Gasteiger partial charge in [0, 0.05) is 6.54 Å². The van der Waals surface area contributed by atoms with Crippen molar-refractivity contribution in [3.63, 3.8) is 0 Å². The van der Waals surface area contributed by atoms with Crippen LogP contribution >= 0.6 is 0 Å². The Morgan fingerprint density at radius 2 is 2.21 bits per heavy atom. The van der Waals surface area contributed by atoms with E-state index in [0.717, 1.165) is 36.1 Å². The highest BCUT2D eigenvalue weighted by Crippen LogP contribution is 2.22. The molecule has 2 rings (SSSR count). The number of hydrogen-bond donors (Lipinski definition) is 2. The summed E-state index contributed by atoms with van der Waals surface area (Å²) in [5, 5.41) is 12.4. The van der Waals surface area contributed by atoms with Crippen LogP contribution in [0.15, 0.2) is 0 Å². The Kier molecular flexibility index (Phi) is 2.15. The maximum absolute atomic E-state index is 5.80. The lowest BCUT2D eigenvalue weighted by Gasteiger charge is -1.94. The lowest BCUT2D eigenvalue weighted by atomic mass is 10.2. The van der Waals surface area contributed by atoms with E-state index < -0.39 is 0 Å². The molecule has 0 bridgehead atoms. The molecular weight excluding hydrogens is 178 g/mol. The highest BCUT2D eigenvalue weighted by molar-refractivity contribution is 5.88. The van der Waals surface area contributed by atoms with Crippen LogP contribution in [0, 0.1) is 0 Å². The van der Waals surface area contributed by atoms with Gasteiger partial charge < -0.3 is 5.73 Å². The molecule has 5 nitrogen and oxygen atoms in total. The van der Waals surface area contributed by atoms with Crippen molar-refractivity contribution < 1.29 is 0 Å². The number of nitrogens with two attached hydrogens (primary N) is 1. The van der Waals surface area contributed by atoms with E-state index in [1.54, 1.807) is 0 Å². The zero-order valence-corrected chi connectivity index (χ0v) is 8.54. The lowest BCUT2D eigenvalue weighted by Crippen LogP contribution is -1.98. The number of nitrogens with one attached hydrogen (secondary N) is 1. The maximum atomic E-state index is 5.80. The third kappa shape index (κ3) is 1.16. The van der Waals surface area contributed by atoms with Crippen LogP contribution in [0.5, 0.6) is 0 Å². The number of nitrogens with zero attached hydrogens (tertiary/aromatic N) is 3. The predicted molar refractivity (Wildman–Crippen MR) is 56.0 cm³/mol. The van der Waals surface area contributed by atoms with Crippen LogP contribution in [0.3, 0.4) is 0 Å². The van der Waals surface area contributed by atoms with Crippen molar-refractivity contribution >= 4 is 16.9 Å². The number of fused-ring (bicyclic) bond motifs is 1. The molecule has 14 heavy (non-hydrogen) atoms. The van der Waals surface area contributed by atoms with Crippen LogP contribution in [0.2, 0.25) is 0 Å².